The average Bonchev–Trinajstić information content (AvgIpc) is 2.45. The van der Waals surface area contributed by atoms with Crippen molar-refractivity contribution in [2.75, 3.05) is 30.3 Å². The molecule has 1 aliphatic rings. The van der Waals surface area contributed by atoms with E-state index in [0.717, 1.165) is 38.4 Å². The van der Waals surface area contributed by atoms with E-state index >= 15 is 0 Å². The summed E-state index contributed by atoms with van der Waals surface area (Å²) in [5.74, 6) is 0.801. The SMILES string of the molecule is CC(C)(C)Nc1nc(NCCC2CCNCC2)cc(C(F)(F)F)n1. The Morgan fingerprint density at radius 2 is 1.83 bits per heavy atom. The predicted octanol–water partition coefficient (Wildman–Crippen LogP) is 3.51. The molecule has 5 nitrogen and oxygen atoms in total. The van der Waals surface area contributed by atoms with Crippen molar-refractivity contribution in [3.63, 3.8) is 0 Å². The molecule has 3 N–H and O–H groups in total. The molecular formula is C16H26F3N5. The molecule has 8 heteroatoms. The van der Waals surface area contributed by atoms with Crippen LogP contribution in [0.2, 0.25) is 0 Å². The van der Waals surface area contributed by atoms with Crippen LogP contribution < -0.4 is 16.0 Å². The fourth-order valence-corrected chi connectivity index (χ4v) is 2.65. The third-order valence-electron chi connectivity index (χ3n) is 3.82. The van der Waals surface area contributed by atoms with E-state index < -0.39 is 17.4 Å². The fraction of sp³-hybridized carbons (Fsp3) is 0.750. The minimum Gasteiger partial charge on any atom is -0.370 e. The Kier molecular flexibility index (Phi) is 5.90. The Labute approximate surface area is 140 Å². The second kappa shape index (κ2) is 7.55. The molecule has 2 rings (SSSR count). The molecule has 0 unspecified atom stereocenters. The average molecular weight is 345 g/mol. The number of rotatable bonds is 5. The molecule has 1 fully saturated rings. The molecule has 0 spiro atoms. The zero-order valence-electron chi connectivity index (χ0n) is 14.4. The van der Waals surface area contributed by atoms with Crippen LogP contribution in [0.1, 0.15) is 45.7 Å². The molecule has 0 aliphatic carbocycles. The van der Waals surface area contributed by atoms with Crippen LogP contribution in [0.25, 0.3) is 0 Å². The molecule has 0 atom stereocenters. The van der Waals surface area contributed by atoms with Gasteiger partial charge in [-0.3, -0.25) is 0 Å². The summed E-state index contributed by atoms with van der Waals surface area (Å²) in [6, 6.07) is 0.969. The smallest absolute Gasteiger partial charge is 0.370 e. The highest BCUT2D eigenvalue weighted by molar-refractivity contribution is 5.44. The molecule has 0 amide bonds. The largest absolute Gasteiger partial charge is 0.433 e. The number of hydrogen-bond acceptors (Lipinski definition) is 5. The lowest BCUT2D eigenvalue weighted by Gasteiger charge is -2.23. The van der Waals surface area contributed by atoms with Gasteiger partial charge in [-0.1, -0.05) is 0 Å². The number of piperidine rings is 1. The van der Waals surface area contributed by atoms with Crippen molar-refractivity contribution in [1.29, 1.82) is 0 Å². The van der Waals surface area contributed by atoms with E-state index in [2.05, 4.69) is 25.9 Å². The molecule has 1 aromatic heterocycles. The van der Waals surface area contributed by atoms with Crippen LogP contribution in [0, 0.1) is 5.92 Å². The van der Waals surface area contributed by atoms with E-state index in [0.29, 0.717) is 12.5 Å². The Morgan fingerprint density at radius 3 is 2.42 bits per heavy atom. The monoisotopic (exact) mass is 345 g/mol. The summed E-state index contributed by atoms with van der Waals surface area (Å²) in [5.41, 5.74) is -1.36. The van der Waals surface area contributed by atoms with Crippen LogP contribution >= 0.6 is 0 Å². The van der Waals surface area contributed by atoms with E-state index in [-0.39, 0.29) is 11.8 Å². The fourth-order valence-electron chi connectivity index (χ4n) is 2.65. The third kappa shape index (κ3) is 6.14. The zero-order chi connectivity index (χ0) is 17.8. The molecule has 136 valence electrons. The summed E-state index contributed by atoms with van der Waals surface area (Å²) in [5, 5.41) is 9.22. The highest BCUT2D eigenvalue weighted by Crippen LogP contribution is 2.30. The first-order valence-electron chi connectivity index (χ1n) is 8.32. The van der Waals surface area contributed by atoms with Gasteiger partial charge in [0.05, 0.1) is 0 Å². The van der Waals surface area contributed by atoms with Crippen LogP contribution in [-0.4, -0.2) is 35.1 Å². The van der Waals surface area contributed by atoms with E-state index in [1.165, 1.54) is 0 Å². The first kappa shape index (κ1) is 18.8. The molecular weight excluding hydrogens is 319 g/mol. The Hall–Kier alpha value is -1.57. The Morgan fingerprint density at radius 1 is 1.17 bits per heavy atom. The van der Waals surface area contributed by atoms with Crippen LogP contribution in [0.15, 0.2) is 6.07 Å². The molecule has 1 aliphatic heterocycles. The van der Waals surface area contributed by atoms with Gasteiger partial charge >= 0.3 is 6.18 Å². The summed E-state index contributed by atoms with van der Waals surface area (Å²) >= 11 is 0. The first-order chi connectivity index (χ1) is 11.1. The van der Waals surface area contributed by atoms with Crippen molar-refractivity contribution < 1.29 is 13.2 Å². The summed E-state index contributed by atoms with van der Waals surface area (Å²) in [6.45, 7) is 8.17. The highest BCUT2D eigenvalue weighted by Gasteiger charge is 2.34. The van der Waals surface area contributed by atoms with Gasteiger partial charge in [0.2, 0.25) is 5.95 Å². The molecule has 0 saturated carbocycles. The van der Waals surface area contributed by atoms with Gasteiger partial charge in [0, 0.05) is 18.2 Å². The first-order valence-corrected chi connectivity index (χ1v) is 8.32. The maximum Gasteiger partial charge on any atom is 0.433 e. The minimum absolute atomic E-state index is 0.0123. The van der Waals surface area contributed by atoms with Crippen molar-refractivity contribution in [2.45, 2.75) is 51.7 Å². The maximum absolute atomic E-state index is 13.0. The van der Waals surface area contributed by atoms with Crippen molar-refractivity contribution in [3.05, 3.63) is 11.8 Å². The maximum atomic E-state index is 13.0. The van der Waals surface area contributed by atoms with Crippen molar-refractivity contribution in [1.82, 2.24) is 15.3 Å². The quantitative estimate of drug-likeness (QED) is 0.762. The van der Waals surface area contributed by atoms with Gasteiger partial charge in [0.1, 0.15) is 5.82 Å². The van der Waals surface area contributed by atoms with Crippen molar-refractivity contribution in [3.8, 4) is 0 Å². The normalized spacial score (nSPS) is 16.9. The lowest BCUT2D eigenvalue weighted by molar-refractivity contribution is -0.141. The molecule has 0 bridgehead atoms. The van der Waals surface area contributed by atoms with Gasteiger partial charge < -0.3 is 16.0 Å². The van der Waals surface area contributed by atoms with Gasteiger partial charge in [0.15, 0.2) is 5.69 Å². The van der Waals surface area contributed by atoms with Gasteiger partial charge in [-0.15, -0.1) is 0 Å². The summed E-state index contributed by atoms with van der Waals surface area (Å²) in [4.78, 5) is 7.76. The van der Waals surface area contributed by atoms with Gasteiger partial charge in [-0.05, 0) is 59.0 Å². The van der Waals surface area contributed by atoms with Crippen LogP contribution in [0.5, 0.6) is 0 Å². The van der Waals surface area contributed by atoms with E-state index in [1.807, 2.05) is 20.8 Å². The molecule has 0 radical (unpaired) electrons. The van der Waals surface area contributed by atoms with E-state index in [9.17, 15) is 13.2 Å². The minimum atomic E-state index is -4.50. The molecule has 1 aromatic rings. The van der Waals surface area contributed by atoms with Crippen LogP contribution in [0.4, 0.5) is 24.9 Å². The van der Waals surface area contributed by atoms with Gasteiger partial charge in [-0.25, -0.2) is 4.98 Å². The number of halogens is 3. The summed E-state index contributed by atoms with van der Waals surface area (Å²) in [6.07, 6.45) is -1.36. The summed E-state index contributed by atoms with van der Waals surface area (Å²) < 4.78 is 39.1. The summed E-state index contributed by atoms with van der Waals surface area (Å²) in [7, 11) is 0. The number of hydrogen-bond donors (Lipinski definition) is 3. The van der Waals surface area contributed by atoms with Crippen molar-refractivity contribution in [2.24, 2.45) is 5.92 Å². The number of nitrogens with zero attached hydrogens (tertiary/aromatic N) is 2. The molecule has 1 saturated heterocycles. The Balaban J connectivity index is 2.05. The number of nitrogens with one attached hydrogen (secondary N) is 3. The Bertz CT molecular complexity index is 533. The standard InChI is InChI=1S/C16H26F3N5/c1-15(2,3)24-14-22-12(16(17,18)19)10-13(23-14)21-9-6-11-4-7-20-8-5-11/h10-11,20H,4-9H2,1-3H3,(H2,21,22,23,24). The van der Waals surface area contributed by atoms with Gasteiger partial charge in [-0.2, -0.15) is 18.2 Å². The molecule has 0 aromatic carbocycles. The van der Waals surface area contributed by atoms with Crippen LogP contribution in [0.3, 0.4) is 0 Å². The van der Waals surface area contributed by atoms with Crippen LogP contribution in [-0.2, 0) is 6.18 Å². The molecule has 24 heavy (non-hydrogen) atoms. The lowest BCUT2D eigenvalue weighted by atomic mass is 9.95. The highest BCUT2D eigenvalue weighted by atomic mass is 19.4. The predicted molar refractivity (Wildman–Crippen MR) is 89.1 cm³/mol. The number of alkyl halides is 3. The van der Waals surface area contributed by atoms with Crippen molar-refractivity contribution >= 4 is 11.8 Å². The van der Waals surface area contributed by atoms with E-state index in [1.54, 1.807) is 0 Å². The number of aromatic nitrogens is 2. The van der Waals surface area contributed by atoms with Gasteiger partial charge in [0.25, 0.3) is 0 Å². The zero-order valence-corrected chi connectivity index (χ0v) is 14.4. The second-order valence-corrected chi connectivity index (χ2v) is 7.24. The number of anilines is 2. The topological polar surface area (TPSA) is 61.9 Å². The van der Waals surface area contributed by atoms with E-state index in [4.69, 9.17) is 0 Å². The molecule has 2 heterocycles. The third-order valence-corrected chi connectivity index (χ3v) is 3.82. The lowest BCUT2D eigenvalue weighted by Crippen LogP contribution is -2.29. The second-order valence-electron chi connectivity index (χ2n) is 7.24.